The van der Waals surface area contributed by atoms with E-state index in [1.807, 2.05) is 47.9 Å². The molecule has 1 atom stereocenters. The van der Waals surface area contributed by atoms with Gasteiger partial charge in [0.05, 0.1) is 26.0 Å². The molecule has 32 heavy (non-hydrogen) atoms. The van der Waals surface area contributed by atoms with Crippen molar-refractivity contribution in [2.24, 2.45) is 12.5 Å². The lowest BCUT2D eigenvalue weighted by Gasteiger charge is -2.43. The second-order valence-corrected chi connectivity index (χ2v) is 9.61. The first-order chi connectivity index (χ1) is 15.4. The summed E-state index contributed by atoms with van der Waals surface area (Å²) in [6.45, 7) is 7.74. The third-order valence-corrected chi connectivity index (χ3v) is 6.89. The summed E-state index contributed by atoms with van der Waals surface area (Å²) >= 11 is 6.18. The first-order valence-electron chi connectivity index (χ1n) is 11.4. The number of halogens is 1. The van der Waals surface area contributed by atoms with Gasteiger partial charge in [0, 0.05) is 61.8 Å². The SMILES string of the molecule is Cc1cc(OC[C@]2(CC(=O)N3CCOCC3)CCCN(Cc3cnn(C)c3)C2)ccc1Cl. The number of likely N-dealkylation sites (tertiary alicyclic amines) is 1. The smallest absolute Gasteiger partial charge is 0.223 e. The highest BCUT2D eigenvalue weighted by molar-refractivity contribution is 6.31. The molecule has 0 radical (unpaired) electrons. The fourth-order valence-corrected chi connectivity index (χ4v) is 4.88. The molecule has 0 unspecified atom stereocenters. The summed E-state index contributed by atoms with van der Waals surface area (Å²) in [6.07, 6.45) is 6.48. The number of carbonyl (C=O) groups excluding carboxylic acids is 1. The average Bonchev–Trinajstić information content (AvgIpc) is 3.20. The summed E-state index contributed by atoms with van der Waals surface area (Å²) in [5.41, 5.74) is 1.95. The zero-order valence-electron chi connectivity index (χ0n) is 19.1. The fraction of sp³-hybridized carbons (Fsp3) is 0.583. The van der Waals surface area contributed by atoms with Crippen LogP contribution in [0.4, 0.5) is 0 Å². The minimum absolute atomic E-state index is 0.201. The molecular weight excluding hydrogens is 428 g/mol. The number of aryl methyl sites for hydroxylation is 2. The number of morpholine rings is 1. The first-order valence-corrected chi connectivity index (χ1v) is 11.7. The van der Waals surface area contributed by atoms with Crippen LogP contribution in [0.15, 0.2) is 30.6 Å². The number of carbonyl (C=O) groups is 1. The molecule has 1 aromatic heterocycles. The van der Waals surface area contributed by atoms with E-state index < -0.39 is 0 Å². The van der Waals surface area contributed by atoms with Crippen molar-refractivity contribution in [1.29, 1.82) is 0 Å². The topological polar surface area (TPSA) is 59.8 Å². The lowest BCUT2D eigenvalue weighted by Crippen LogP contribution is -2.50. The van der Waals surface area contributed by atoms with Crippen molar-refractivity contribution in [3.05, 3.63) is 46.7 Å². The molecule has 2 aromatic rings. The molecule has 0 saturated carbocycles. The zero-order chi connectivity index (χ0) is 22.6. The van der Waals surface area contributed by atoms with Crippen LogP contribution in [0, 0.1) is 12.3 Å². The van der Waals surface area contributed by atoms with Crippen molar-refractivity contribution < 1.29 is 14.3 Å². The van der Waals surface area contributed by atoms with E-state index in [4.69, 9.17) is 21.1 Å². The maximum absolute atomic E-state index is 13.2. The summed E-state index contributed by atoms with van der Waals surface area (Å²) in [5, 5.41) is 5.03. The molecule has 1 amide bonds. The molecule has 8 heteroatoms. The van der Waals surface area contributed by atoms with E-state index in [1.165, 1.54) is 5.56 Å². The highest BCUT2D eigenvalue weighted by Crippen LogP contribution is 2.36. The van der Waals surface area contributed by atoms with Gasteiger partial charge in [0.2, 0.25) is 5.91 Å². The maximum atomic E-state index is 13.2. The molecule has 7 nitrogen and oxygen atoms in total. The third kappa shape index (κ3) is 5.82. The molecule has 2 aliphatic heterocycles. The lowest BCUT2D eigenvalue weighted by atomic mass is 9.77. The van der Waals surface area contributed by atoms with Gasteiger partial charge in [0.25, 0.3) is 0 Å². The van der Waals surface area contributed by atoms with Crippen LogP contribution in [0.2, 0.25) is 5.02 Å². The monoisotopic (exact) mass is 460 g/mol. The van der Waals surface area contributed by atoms with Crippen LogP contribution in [0.3, 0.4) is 0 Å². The van der Waals surface area contributed by atoms with E-state index in [2.05, 4.69) is 16.2 Å². The first kappa shape index (κ1) is 23.1. The third-order valence-electron chi connectivity index (χ3n) is 6.47. The molecule has 2 fully saturated rings. The Balaban J connectivity index is 1.49. The molecule has 0 aliphatic carbocycles. The molecule has 174 valence electrons. The van der Waals surface area contributed by atoms with E-state index in [0.29, 0.717) is 39.3 Å². The van der Waals surface area contributed by atoms with Gasteiger partial charge in [-0.15, -0.1) is 0 Å². The number of rotatable bonds is 7. The van der Waals surface area contributed by atoms with Crippen LogP contribution in [0.1, 0.15) is 30.4 Å². The number of aromatic nitrogens is 2. The molecular formula is C24H33ClN4O3. The Morgan fingerprint density at radius 1 is 1.28 bits per heavy atom. The van der Waals surface area contributed by atoms with Crippen molar-refractivity contribution in [3.63, 3.8) is 0 Å². The normalized spacial score (nSPS) is 22.2. The van der Waals surface area contributed by atoms with Crippen molar-refractivity contribution in [2.45, 2.75) is 32.7 Å². The minimum Gasteiger partial charge on any atom is -0.493 e. The van der Waals surface area contributed by atoms with Gasteiger partial charge in [-0.2, -0.15) is 5.10 Å². The number of hydrogen-bond acceptors (Lipinski definition) is 5. The van der Waals surface area contributed by atoms with Gasteiger partial charge in [0.1, 0.15) is 5.75 Å². The molecule has 2 aliphatic rings. The van der Waals surface area contributed by atoms with Gasteiger partial charge in [0.15, 0.2) is 0 Å². The second-order valence-electron chi connectivity index (χ2n) is 9.21. The van der Waals surface area contributed by atoms with E-state index in [1.54, 1.807) is 0 Å². The van der Waals surface area contributed by atoms with Crippen LogP contribution in [-0.2, 0) is 23.1 Å². The fourth-order valence-electron chi connectivity index (χ4n) is 4.76. The van der Waals surface area contributed by atoms with Gasteiger partial charge in [-0.3, -0.25) is 14.4 Å². The van der Waals surface area contributed by atoms with Crippen molar-refractivity contribution >= 4 is 17.5 Å². The number of amides is 1. The van der Waals surface area contributed by atoms with Gasteiger partial charge >= 0.3 is 0 Å². The summed E-state index contributed by atoms with van der Waals surface area (Å²) in [4.78, 5) is 17.6. The average molecular weight is 461 g/mol. The second kappa shape index (κ2) is 10.2. The van der Waals surface area contributed by atoms with E-state index in [-0.39, 0.29) is 11.3 Å². The maximum Gasteiger partial charge on any atom is 0.223 e. The molecule has 0 N–H and O–H groups in total. The number of hydrogen-bond donors (Lipinski definition) is 0. The van der Waals surface area contributed by atoms with Crippen LogP contribution >= 0.6 is 11.6 Å². The summed E-state index contributed by atoms with van der Waals surface area (Å²) in [6, 6.07) is 5.74. The highest BCUT2D eigenvalue weighted by Gasteiger charge is 2.39. The minimum atomic E-state index is -0.233. The lowest BCUT2D eigenvalue weighted by molar-refractivity contribution is -0.139. The Morgan fingerprint density at radius 2 is 2.09 bits per heavy atom. The number of piperidine rings is 1. The predicted molar refractivity (Wildman–Crippen MR) is 124 cm³/mol. The van der Waals surface area contributed by atoms with Gasteiger partial charge in [-0.25, -0.2) is 0 Å². The molecule has 2 saturated heterocycles. The van der Waals surface area contributed by atoms with Gasteiger partial charge in [-0.1, -0.05) is 11.6 Å². The van der Waals surface area contributed by atoms with Gasteiger partial charge < -0.3 is 14.4 Å². The number of nitrogens with zero attached hydrogens (tertiary/aromatic N) is 4. The van der Waals surface area contributed by atoms with E-state index in [9.17, 15) is 4.79 Å². The van der Waals surface area contributed by atoms with Crippen LogP contribution < -0.4 is 4.74 Å². The van der Waals surface area contributed by atoms with Crippen LogP contribution in [-0.4, -0.2) is 71.5 Å². The van der Waals surface area contributed by atoms with Crippen molar-refractivity contribution in [3.8, 4) is 5.75 Å². The van der Waals surface area contributed by atoms with Crippen LogP contribution in [0.25, 0.3) is 0 Å². The predicted octanol–water partition coefficient (Wildman–Crippen LogP) is 3.29. The van der Waals surface area contributed by atoms with Crippen molar-refractivity contribution in [2.75, 3.05) is 46.0 Å². The summed E-state index contributed by atoms with van der Waals surface area (Å²) in [7, 11) is 1.94. The molecule has 4 rings (SSSR count). The number of benzene rings is 1. The largest absolute Gasteiger partial charge is 0.493 e. The Bertz CT molecular complexity index is 928. The zero-order valence-corrected chi connectivity index (χ0v) is 19.8. The number of ether oxygens (including phenoxy) is 2. The Morgan fingerprint density at radius 3 is 2.81 bits per heavy atom. The van der Waals surface area contributed by atoms with Crippen LogP contribution in [0.5, 0.6) is 5.75 Å². The summed E-state index contributed by atoms with van der Waals surface area (Å²) < 4.78 is 13.5. The molecule has 1 aromatic carbocycles. The quantitative estimate of drug-likeness (QED) is 0.634. The summed E-state index contributed by atoms with van der Waals surface area (Å²) in [5.74, 6) is 1.00. The standard InChI is InChI=1S/C24H33ClN4O3/c1-19-12-21(4-5-22(19)25)32-18-24(13-23(30)29-8-10-31-11-9-29)6-3-7-28(17-24)16-20-14-26-27(2)15-20/h4-5,12,14-15H,3,6-11,13,16-18H2,1-2H3/t24-/m0/s1. The Kier molecular flexibility index (Phi) is 7.38. The van der Waals surface area contributed by atoms with Gasteiger partial charge in [-0.05, 0) is 50.1 Å². The highest BCUT2D eigenvalue weighted by atomic mass is 35.5. The Labute approximate surface area is 195 Å². The van der Waals surface area contributed by atoms with E-state index in [0.717, 1.165) is 48.8 Å². The Hall–Kier alpha value is -2.09. The molecule has 3 heterocycles. The van der Waals surface area contributed by atoms with E-state index >= 15 is 0 Å². The molecule has 0 spiro atoms. The molecule has 0 bridgehead atoms. The van der Waals surface area contributed by atoms with Crippen molar-refractivity contribution in [1.82, 2.24) is 19.6 Å².